The fourth-order valence-corrected chi connectivity index (χ4v) is 2.89. The molecule has 1 amide bonds. The van der Waals surface area contributed by atoms with Gasteiger partial charge < -0.3 is 14.3 Å². The van der Waals surface area contributed by atoms with E-state index in [2.05, 4.69) is 10.3 Å². The average Bonchev–Trinajstić information content (AvgIpc) is 3.32. The number of fused-ring (bicyclic) bond motifs is 1. The third kappa shape index (κ3) is 3.17. The van der Waals surface area contributed by atoms with Gasteiger partial charge in [-0.3, -0.25) is 4.79 Å². The summed E-state index contributed by atoms with van der Waals surface area (Å²) in [4.78, 5) is 16.6. The molecule has 0 radical (unpaired) electrons. The van der Waals surface area contributed by atoms with Gasteiger partial charge in [0.05, 0.1) is 12.4 Å². The summed E-state index contributed by atoms with van der Waals surface area (Å²) in [5.74, 6) is 0.0934. The Morgan fingerprint density at radius 3 is 2.68 bits per heavy atom. The van der Waals surface area contributed by atoms with Crippen molar-refractivity contribution in [1.29, 1.82) is 0 Å². The Bertz CT molecular complexity index is 942. The maximum atomic E-state index is 12.5. The third-order valence-electron chi connectivity index (χ3n) is 4.17. The van der Waals surface area contributed by atoms with Crippen molar-refractivity contribution in [3.05, 3.63) is 90.7 Å². The van der Waals surface area contributed by atoms with Crippen molar-refractivity contribution < 1.29 is 9.21 Å². The molecule has 0 saturated heterocycles. The summed E-state index contributed by atoms with van der Waals surface area (Å²) in [5.41, 5.74) is 1.81. The SMILES string of the molecule is O=C(NCC(c1ccccc1)n1ccnc1)c1cc2ccccc2o1. The molecule has 0 spiro atoms. The predicted octanol–water partition coefficient (Wildman–Crippen LogP) is 3.65. The molecule has 4 rings (SSSR count). The zero-order chi connectivity index (χ0) is 17.1. The van der Waals surface area contributed by atoms with Gasteiger partial charge in [-0.05, 0) is 17.7 Å². The van der Waals surface area contributed by atoms with Crippen molar-refractivity contribution in [3.63, 3.8) is 0 Å². The number of hydrogen-bond donors (Lipinski definition) is 1. The first kappa shape index (κ1) is 15.2. The van der Waals surface area contributed by atoms with Crippen LogP contribution in [0.5, 0.6) is 0 Å². The summed E-state index contributed by atoms with van der Waals surface area (Å²) in [5, 5.41) is 3.88. The molecule has 0 fully saturated rings. The highest BCUT2D eigenvalue weighted by molar-refractivity contribution is 5.96. The molecule has 25 heavy (non-hydrogen) atoms. The first-order valence-corrected chi connectivity index (χ1v) is 8.10. The zero-order valence-electron chi connectivity index (χ0n) is 13.5. The topological polar surface area (TPSA) is 60.1 Å². The fourth-order valence-electron chi connectivity index (χ4n) is 2.89. The normalized spacial score (nSPS) is 12.2. The zero-order valence-corrected chi connectivity index (χ0v) is 13.5. The number of amides is 1. The second kappa shape index (κ2) is 6.65. The van der Waals surface area contributed by atoms with Gasteiger partial charge in [0.1, 0.15) is 5.58 Å². The van der Waals surface area contributed by atoms with Crippen LogP contribution in [-0.2, 0) is 0 Å². The lowest BCUT2D eigenvalue weighted by Gasteiger charge is -2.19. The molecule has 0 aliphatic heterocycles. The Kier molecular flexibility index (Phi) is 4.04. The maximum absolute atomic E-state index is 12.5. The minimum absolute atomic E-state index is 0.0305. The quantitative estimate of drug-likeness (QED) is 0.607. The number of hydrogen-bond acceptors (Lipinski definition) is 3. The standard InChI is InChI=1S/C20H17N3O2/c24-20(19-12-16-8-4-5-9-18(16)25-19)22-13-17(23-11-10-21-14-23)15-6-2-1-3-7-15/h1-12,14,17H,13H2,(H,22,24). The minimum Gasteiger partial charge on any atom is -0.451 e. The molecule has 2 aromatic carbocycles. The summed E-state index contributed by atoms with van der Waals surface area (Å²) in [6.07, 6.45) is 5.38. The number of furan rings is 1. The number of para-hydroxylation sites is 1. The Morgan fingerprint density at radius 2 is 1.92 bits per heavy atom. The molecule has 4 aromatic rings. The highest BCUT2D eigenvalue weighted by Crippen LogP contribution is 2.20. The molecule has 1 unspecified atom stereocenters. The van der Waals surface area contributed by atoms with Crippen LogP contribution in [0.1, 0.15) is 22.2 Å². The number of benzene rings is 2. The third-order valence-corrected chi connectivity index (χ3v) is 4.17. The molecule has 0 aliphatic rings. The van der Waals surface area contributed by atoms with Gasteiger partial charge in [-0.25, -0.2) is 4.98 Å². The molecule has 5 heteroatoms. The van der Waals surface area contributed by atoms with Crippen molar-refractivity contribution in [2.75, 3.05) is 6.54 Å². The van der Waals surface area contributed by atoms with Gasteiger partial charge >= 0.3 is 0 Å². The van der Waals surface area contributed by atoms with E-state index in [0.29, 0.717) is 17.9 Å². The largest absolute Gasteiger partial charge is 0.451 e. The summed E-state index contributed by atoms with van der Waals surface area (Å²) < 4.78 is 7.61. The van der Waals surface area contributed by atoms with E-state index in [4.69, 9.17) is 4.42 Å². The number of aromatic nitrogens is 2. The number of carbonyl (C=O) groups excluding carboxylic acids is 1. The summed E-state index contributed by atoms with van der Waals surface area (Å²) in [7, 11) is 0. The highest BCUT2D eigenvalue weighted by Gasteiger charge is 2.17. The lowest BCUT2D eigenvalue weighted by atomic mass is 10.1. The van der Waals surface area contributed by atoms with E-state index in [1.807, 2.05) is 65.4 Å². The smallest absolute Gasteiger partial charge is 0.287 e. The summed E-state index contributed by atoms with van der Waals surface area (Å²) in [6, 6.07) is 19.3. The second-order valence-electron chi connectivity index (χ2n) is 5.79. The van der Waals surface area contributed by atoms with Crippen molar-refractivity contribution in [2.45, 2.75) is 6.04 Å². The van der Waals surface area contributed by atoms with E-state index in [0.717, 1.165) is 10.9 Å². The number of nitrogens with zero attached hydrogens (tertiary/aromatic N) is 2. The molecule has 0 aliphatic carbocycles. The molecule has 1 atom stereocenters. The highest BCUT2D eigenvalue weighted by atomic mass is 16.3. The second-order valence-corrected chi connectivity index (χ2v) is 5.79. The minimum atomic E-state index is -0.225. The van der Waals surface area contributed by atoms with Crippen LogP contribution < -0.4 is 5.32 Å². The molecule has 2 heterocycles. The van der Waals surface area contributed by atoms with Crippen molar-refractivity contribution in [3.8, 4) is 0 Å². The fraction of sp³-hybridized carbons (Fsp3) is 0.100. The van der Waals surface area contributed by atoms with Crippen LogP contribution in [0.3, 0.4) is 0 Å². The lowest BCUT2D eigenvalue weighted by Crippen LogP contribution is -2.30. The van der Waals surface area contributed by atoms with Crippen molar-refractivity contribution >= 4 is 16.9 Å². The van der Waals surface area contributed by atoms with Crippen LogP contribution in [0.15, 0.2) is 83.8 Å². The maximum Gasteiger partial charge on any atom is 0.287 e. The van der Waals surface area contributed by atoms with Gasteiger partial charge in [0.15, 0.2) is 5.76 Å². The van der Waals surface area contributed by atoms with Crippen molar-refractivity contribution in [2.24, 2.45) is 0 Å². The first-order chi connectivity index (χ1) is 12.3. The Balaban J connectivity index is 1.54. The van der Waals surface area contributed by atoms with Gasteiger partial charge in [-0.15, -0.1) is 0 Å². The van der Waals surface area contributed by atoms with Gasteiger partial charge in [0, 0.05) is 24.3 Å². The average molecular weight is 331 g/mol. The first-order valence-electron chi connectivity index (χ1n) is 8.10. The van der Waals surface area contributed by atoms with Gasteiger partial charge in [0.25, 0.3) is 5.91 Å². The molecular formula is C20H17N3O2. The van der Waals surface area contributed by atoms with Crippen LogP contribution >= 0.6 is 0 Å². The number of rotatable bonds is 5. The van der Waals surface area contributed by atoms with Gasteiger partial charge in [0.2, 0.25) is 0 Å². The molecule has 2 aromatic heterocycles. The molecule has 124 valence electrons. The van der Waals surface area contributed by atoms with E-state index >= 15 is 0 Å². The van der Waals surface area contributed by atoms with Crippen LogP contribution in [0, 0.1) is 0 Å². The van der Waals surface area contributed by atoms with E-state index in [1.165, 1.54) is 0 Å². The number of carbonyl (C=O) groups is 1. The molecular weight excluding hydrogens is 314 g/mol. The van der Waals surface area contributed by atoms with Crippen LogP contribution in [-0.4, -0.2) is 22.0 Å². The predicted molar refractivity (Wildman–Crippen MR) is 95.4 cm³/mol. The van der Waals surface area contributed by atoms with Crippen LogP contribution in [0.4, 0.5) is 0 Å². The Labute approximate surface area is 144 Å². The Morgan fingerprint density at radius 1 is 1.12 bits per heavy atom. The van der Waals surface area contributed by atoms with E-state index < -0.39 is 0 Å². The lowest BCUT2D eigenvalue weighted by molar-refractivity contribution is 0.0924. The summed E-state index contributed by atoms with van der Waals surface area (Å²) >= 11 is 0. The number of nitrogens with one attached hydrogen (secondary N) is 1. The van der Waals surface area contributed by atoms with Crippen LogP contribution in [0.2, 0.25) is 0 Å². The number of imidazole rings is 1. The Hall–Kier alpha value is -3.34. The molecule has 0 bridgehead atoms. The van der Waals surface area contributed by atoms with Gasteiger partial charge in [-0.2, -0.15) is 0 Å². The molecule has 5 nitrogen and oxygen atoms in total. The molecule has 0 saturated carbocycles. The van der Waals surface area contributed by atoms with E-state index in [9.17, 15) is 4.79 Å². The van der Waals surface area contributed by atoms with E-state index in [-0.39, 0.29) is 11.9 Å². The van der Waals surface area contributed by atoms with Gasteiger partial charge in [-0.1, -0.05) is 48.5 Å². The van der Waals surface area contributed by atoms with E-state index in [1.54, 1.807) is 18.6 Å². The van der Waals surface area contributed by atoms with Crippen LogP contribution in [0.25, 0.3) is 11.0 Å². The summed E-state index contributed by atoms with van der Waals surface area (Å²) in [6.45, 7) is 0.441. The van der Waals surface area contributed by atoms with Crippen molar-refractivity contribution in [1.82, 2.24) is 14.9 Å². The monoisotopic (exact) mass is 331 g/mol. The molecule has 1 N–H and O–H groups in total.